The van der Waals surface area contributed by atoms with Crippen molar-refractivity contribution in [3.63, 3.8) is 0 Å². The van der Waals surface area contributed by atoms with Crippen molar-refractivity contribution in [2.24, 2.45) is 0 Å². The van der Waals surface area contributed by atoms with Crippen molar-refractivity contribution in [3.8, 4) is 0 Å². The molecule has 5 heteroatoms. The summed E-state index contributed by atoms with van der Waals surface area (Å²) in [7, 11) is 3.78. The van der Waals surface area contributed by atoms with E-state index < -0.39 is 0 Å². The summed E-state index contributed by atoms with van der Waals surface area (Å²) in [6.45, 7) is 1.88. The summed E-state index contributed by atoms with van der Waals surface area (Å²) in [5.74, 6) is -0.188. The van der Waals surface area contributed by atoms with Gasteiger partial charge in [-0.05, 0) is 37.3 Å². The van der Waals surface area contributed by atoms with E-state index in [0.29, 0.717) is 11.3 Å². The molecule has 1 aromatic carbocycles. The molecule has 1 heterocycles. The number of amides is 1. The van der Waals surface area contributed by atoms with Gasteiger partial charge in [0.2, 0.25) is 0 Å². The molecular weight excluding hydrogens is 252 g/mol. The molecule has 0 bridgehead atoms. The van der Waals surface area contributed by atoms with Gasteiger partial charge in [-0.1, -0.05) is 0 Å². The average Bonchev–Trinajstić information content (AvgIpc) is 2.38. The number of nitrogen functional groups attached to an aromatic ring is 1. The highest BCUT2D eigenvalue weighted by Crippen LogP contribution is 2.22. The second-order valence-electron chi connectivity index (χ2n) is 4.81. The maximum Gasteiger partial charge on any atom is 0.257 e. The van der Waals surface area contributed by atoms with E-state index in [0.717, 1.165) is 17.1 Å². The largest absolute Gasteiger partial charge is 0.399 e. The second-order valence-corrected chi connectivity index (χ2v) is 4.81. The third kappa shape index (κ3) is 3.06. The number of aryl methyl sites for hydroxylation is 1. The van der Waals surface area contributed by atoms with Crippen molar-refractivity contribution < 1.29 is 4.79 Å². The molecule has 2 rings (SSSR count). The molecule has 0 spiro atoms. The van der Waals surface area contributed by atoms with Crippen LogP contribution in [0.1, 0.15) is 16.1 Å². The van der Waals surface area contributed by atoms with Gasteiger partial charge in [-0.2, -0.15) is 0 Å². The van der Waals surface area contributed by atoms with Gasteiger partial charge in [0.25, 0.3) is 5.91 Å². The Hall–Kier alpha value is -2.56. The molecule has 3 N–H and O–H groups in total. The molecule has 0 saturated heterocycles. The Bertz CT molecular complexity index is 638. The number of pyridine rings is 1. The van der Waals surface area contributed by atoms with Crippen LogP contribution in [0.2, 0.25) is 0 Å². The summed E-state index contributed by atoms with van der Waals surface area (Å²) in [6, 6.07) is 8.87. The first-order chi connectivity index (χ1) is 9.47. The zero-order chi connectivity index (χ0) is 14.7. The SMILES string of the molecule is Cc1cc(NC(=O)c2cc(N)ccc2N(C)C)ccn1. The fraction of sp³-hybridized carbons (Fsp3) is 0.200. The summed E-state index contributed by atoms with van der Waals surface area (Å²) in [4.78, 5) is 18.4. The highest BCUT2D eigenvalue weighted by molar-refractivity contribution is 6.08. The second kappa shape index (κ2) is 5.61. The van der Waals surface area contributed by atoms with E-state index in [2.05, 4.69) is 10.3 Å². The molecule has 0 unspecified atom stereocenters. The molecule has 1 aromatic heterocycles. The normalized spacial score (nSPS) is 10.2. The minimum Gasteiger partial charge on any atom is -0.399 e. The van der Waals surface area contributed by atoms with Gasteiger partial charge in [-0.25, -0.2) is 0 Å². The number of benzene rings is 1. The monoisotopic (exact) mass is 270 g/mol. The summed E-state index contributed by atoms with van der Waals surface area (Å²) in [5.41, 5.74) is 9.27. The number of rotatable bonds is 3. The van der Waals surface area contributed by atoms with Crippen LogP contribution in [0.15, 0.2) is 36.5 Å². The molecule has 0 fully saturated rings. The zero-order valence-corrected chi connectivity index (χ0v) is 11.8. The van der Waals surface area contributed by atoms with Gasteiger partial charge in [-0.15, -0.1) is 0 Å². The van der Waals surface area contributed by atoms with Gasteiger partial charge in [0.05, 0.1) is 5.56 Å². The van der Waals surface area contributed by atoms with Gasteiger partial charge in [-0.3, -0.25) is 9.78 Å². The molecule has 0 saturated carbocycles. The van der Waals surface area contributed by atoms with Crippen LogP contribution < -0.4 is 16.0 Å². The van der Waals surface area contributed by atoms with E-state index in [9.17, 15) is 4.79 Å². The first kappa shape index (κ1) is 13.9. The lowest BCUT2D eigenvalue weighted by Crippen LogP contribution is -2.19. The molecule has 0 aliphatic rings. The highest BCUT2D eigenvalue weighted by Gasteiger charge is 2.13. The predicted octanol–water partition coefficient (Wildman–Crippen LogP) is 2.29. The molecule has 0 atom stereocenters. The minimum atomic E-state index is -0.188. The van der Waals surface area contributed by atoms with Crippen LogP contribution in [0.25, 0.3) is 0 Å². The van der Waals surface area contributed by atoms with E-state index in [1.807, 2.05) is 38.1 Å². The Morgan fingerprint density at radius 1 is 1.25 bits per heavy atom. The number of nitrogens with two attached hydrogens (primary N) is 1. The van der Waals surface area contributed by atoms with Gasteiger partial charge >= 0.3 is 0 Å². The lowest BCUT2D eigenvalue weighted by molar-refractivity contribution is 0.102. The zero-order valence-electron chi connectivity index (χ0n) is 11.8. The Morgan fingerprint density at radius 3 is 2.65 bits per heavy atom. The molecule has 0 radical (unpaired) electrons. The molecular formula is C15H18N4O. The Kier molecular flexibility index (Phi) is 3.89. The van der Waals surface area contributed by atoms with E-state index in [4.69, 9.17) is 5.73 Å². The summed E-state index contributed by atoms with van der Waals surface area (Å²) in [6.07, 6.45) is 1.66. The first-order valence-electron chi connectivity index (χ1n) is 6.28. The molecule has 1 amide bonds. The lowest BCUT2D eigenvalue weighted by Gasteiger charge is -2.17. The van der Waals surface area contributed by atoms with Crippen molar-refractivity contribution in [1.29, 1.82) is 0 Å². The minimum absolute atomic E-state index is 0.188. The van der Waals surface area contributed by atoms with Crippen molar-refractivity contribution in [3.05, 3.63) is 47.8 Å². The van der Waals surface area contributed by atoms with E-state index in [1.54, 1.807) is 24.4 Å². The van der Waals surface area contributed by atoms with Crippen molar-refractivity contribution in [1.82, 2.24) is 4.98 Å². The van der Waals surface area contributed by atoms with Gasteiger partial charge in [0.15, 0.2) is 0 Å². The lowest BCUT2D eigenvalue weighted by atomic mass is 10.1. The van der Waals surface area contributed by atoms with Crippen LogP contribution in [0.5, 0.6) is 0 Å². The fourth-order valence-corrected chi connectivity index (χ4v) is 1.95. The number of hydrogen-bond acceptors (Lipinski definition) is 4. The van der Waals surface area contributed by atoms with Gasteiger partial charge < -0.3 is 16.0 Å². The van der Waals surface area contributed by atoms with Crippen LogP contribution in [-0.4, -0.2) is 25.0 Å². The highest BCUT2D eigenvalue weighted by atomic mass is 16.1. The number of aromatic nitrogens is 1. The van der Waals surface area contributed by atoms with Crippen molar-refractivity contribution in [2.75, 3.05) is 30.0 Å². The van der Waals surface area contributed by atoms with Crippen LogP contribution in [-0.2, 0) is 0 Å². The van der Waals surface area contributed by atoms with Crippen molar-refractivity contribution in [2.45, 2.75) is 6.92 Å². The van der Waals surface area contributed by atoms with Gasteiger partial charge in [0.1, 0.15) is 0 Å². The number of hydrogen-bond donors (Lipinski definition) is 2. The Balaban J connectivity index is 2.31. The molecule has 20 heavy (non-hydrogen) atoms. The maximum atomic E-state index is 12.4. The topological polar surface area (TPSA) is 71.2 Å². The van der Waals surface area contributed by atoms with Crippen LogP contribution in [0.3, 0.4) is 0 Å². The molecule has 5 nitrogen and oxygen atoms in total. The summed E-state index contributed by atoms with van der Waals surface area (Å²) in [5, 5.41) is 2.86. The summed E-state index contributed by atoms with van der Waals surface area (Å²) < 4.78 is 0. The quantitative estimate of drug-likeness (QED) is 0.839. The predicted molar refractivity (Wildman–Crippen MR) is 82.1 cm³/mol. The van der Waals surface area contributed by atoms with E-state index in [1.165, 1.54) is 0 Å². The smallest absolute Gasteiger partial charge is 0.257 e. The standard InChI is InChI=1S/C15H18N4O/c1-10-8-12(6-7-17-10)18-15(20)13-9-11(16)4-5-14(13)19(2)3/h4-9H,16H2,1-3H3,(H,17,18,20). The molecule has 104 valence electrons. The Morgan fingerprint density at radius 2 is 2.00 bits per heavy atom. The average molecular weight is 270 g/mol. The first-order valence-corrected chi connectivity index (χ1v) is 6.28. The number of nitrogens with zero attached hydrogens (tertiary/aromatic N) is 2. The number of nitrogens with one attached hydrogen (secondary N) is 1. The van der Waals surface area contributed by atoms with Gasteiger partial charge in [0, 0.05) is 43.0 Å². The third-order valence-corrected chi connectivity index (χ3v) is 2.90. The van der Waals surface area contributed by atoms with Crippen LogP contribution >= 0.6 is 0 Å². The van der Waals surface area contributed by atoms with Crippen LogP contribution in [0.4, 0.5) is 17.1 Å². The number of carbonyl (C=O) groups excluding carboxylic acids is 1. The van der Waals surface area contributed by atoms with Crippen LogP contribution in [0, 0.1) is 6.92 Å². The van der Waals surface area contributed by atoms with E-state index in [-0.39, 0.29) is 5.91 Å². The Labute approximate surface area is 118 Å². The molecule has 0 aliphatic carbocycles. The number of carbonyl (C=O) groups is 1. The molecule has 2 aromatic rings. The maximum absolute atomic E-state index is 12.4. The van der Waals surface area contributed by atoms with E-state index >= 15 is 0 Å². The summed E-state index contributed by atoms with van der Waals surface area (Å²) >= 11 is 0. The molecule has 0 aliphatic heterocycles. The third-order valence-electron chi connectivity index (χ3n) is 2.90. The van der Waals surface area contributed by atoms with Crippen molar-refractivity contribution >= 4 is 23.0 Å². The fourth-order valence-electron chi connectivity index (χ4n) is 1.95. The number of anilines is 3.